The van der Waals surface area contributed by atoms with Crippen molar-refractivity contribution in [1.82, 2.24) is 4.98 Å². The van der Waals surface area contributed by atoms with Crippen LogP contribution in [0.2, 0.25) is 0 Å². The van der Waals surface area contributed by atoms with E-state index in [1.54, 1.807) is 30.6 Å². The van der Waals surface area contributed by atoms with Gasteiger partial charge in [0, 0.05) is 18.0 Å². The third-order valence-corrected chi connectivity index (χ3v) is 6.83. The maximum absolute atomic E-state index is 12.6. The molecule has 1 aliphatic rings. The van der Waals surface area contributed by atoms with E-state index in [0.29, 0.717) is 23.2 Å². The molecule has 0 saturated carbocycles. The van der Waals surface area contributed by atoms with E-state index >= 15 is 0 Å². The van der Waals surface area contributed by atoms with Gasteiger partial charge in [0.1, 0.15) is 5.75 Å². The minimum Gasteiger partial charge on any atom is -0.507 e. The average Bonchev–Trinajstić information content (AvgIpc) is 2.58. The fourth-order valence-electron chi connectivity index (χ4n) is 4.33. The first kappa shape index (κ1) is 21.8. The van der Waals surface area contributed by atoms with Crippen molar-refractivity contribution in [2.45, 2.75) is 70.5 Å². The molecule has 0 amide bonds. The Labute approximate surface area is 172 Å². The van der Waals surface area contributed by atoms with Crippen LogP contribution in [0.3, 0.4) is 0 Å². The van der Waals surface area contributed by atoms with E-state index in [4.69, 9.17) is 0 Å². The Morgan fingerprint density at radius 2 is 1.97 bits per heavy atom. The number of rotatable bonds is 4. The highest BCUT2D eigenvalue weighted by Crippen LogP contribution is 2.56. The molecular weight excluding hydrogens is 387 g/mol. The number of phenols is 1. The van der Waals surface area contributed by atoms with Gasteiger partial charge in [0.25, 0.3) is 0 Å². The molecule has 1 aliphatic carbocycles. The number of hydrogen-bond donors (Lipinski definition) is 4. The number of benzene rings is 1. The van der Waals surface area contributed by atoms with Crippen LogP contribution in [0.4, 0.5) is 5.69 Å². The molecule has 0 aliphatic heterocycles. The van der Waals surface area contributed by atoms with Crippen LogP contribution in [0.1, 0.15) is 75.5 Å². The Morgan fingerprint density at radius 3 is 2.52 bits per heavy atom. The van der Waals surface area contributed by atoms with Gasteiger partial charge in [0.05, 0.1) is 5.69 Å². The van der Waals surface area contributed by atoms with Gasteiger partial charge in [0.15, 0.2) is 5.78 Å². The molecule has 1 heterocycles. The maximum Gasteiger partial charge on any atom is 0.352 e. The van der Waals surface area contributed by atoms with Crippen LogP contribution >= 0.6 is 7.60 Å². The van der Waals surface area contributed by atoms with Crippen molar-refractivity contribution in [2.75, 3.05) is 5.32 Å². The summed E-state index contributed by atoms with van der Waals surface area (Å²) < 4.78 is 12.6. The number of nitrogens with zero attached hydrogens (tertiary/aromatic N) is 1. The van der Waals surface area contributed by atoms with E-state index in [1.807, 2.05) is 20.8 Å². The molecule has 0 saturated heterocycles. The summed E-state index contributed by atoms with van der Waals surface area (Å²) in [6.45, 7) is 10.2. The normalized spacial score (nSPS) is 17.5. The number of phenolic OH excluding ortho intramolecular Hbond substituents is 1. The van der Waals surface area contributed by atoms with Gasteiger partial charge in [-0.2, -0.15) is 0 Å². The Balaban J connectivity index is 2.29. The smallest absolute Gasteiger partial charge is 0.352 e. The van der Waals surface area contributed by atoms with Gasteiger partial charge in [-0.1, -0.05) is 34.6 Å². The van der Waals surface area contributed by atoms with Crippen LogP contribution in [0.5, 0.6) is 5.75 Å². The third-order valence-electron chi connectivity index (χ3n) is 5.75. The summed E-state index contributed by atoms with van der Waals surface area (Å²) in [5.74, 6) is -0.956. The molecule has 7 heteroatoms. The summed E-state index contributed by atoms with van der Waals surface area (Å²) in [5, 5.41) is 14.2. The molecule has 1 unspecified atom stereocenters. The van der Waals surface area contributed by atoms with Crippen molar-refractivity contribution >= 4 is 13.3 Å². The zero-order valence-corrected chi connectivity index (χ0v) is 18.6. The van der Waals surface area contributed by atoms with Crippen molar-refractivity contribution in [3.8, 4) is 5.75 Å². The minimum absolute atomic E-state index is 0.256. The van der Waals surface area contributed by atoms with Crippen LogP contribution in [0.25, 0.3) is 0 Å². The number of anilines is 1. The molecule has 0 fully saturated rings. The molecule has 0 spiro atoms. The highest BCUT2D eigenvalue weighted by Gasteiger charge is 2.40. The predicted octanol–water partition coefficient (Wildman–Crippen LogP) is 4.99. The van der Waals surface area contributed by atoms with Crippen LogP contribution in [0, 0.1) is 0 Å². The van der Waals surface area contributed by atoms with Gasteiger partial charge >= 0.3 is 7.60 Å². The first-order valence-electron chi connectivity index (χ1n) is 9.94. The van der Waals surface area contributed by atoms with Crippen LogP contribution in [0.15, 0.2) is 30.6 Å². The van der Waals surface area contributed by atoms with Crippen LogP contribution in [-0.4, -0.2) is 19.9 Å². The van der Waals surface area contributed by atoms with E-state index in [2.05, 4.69) is 24.1 Å². The van der Waals surface area contributed by atoms with Crippen molar-refractivity contribution in [1.29, 1.82) is 0 Å². The second-order valence-electron chi connectivity index (χ2n) is 9.58. The molecule has 1 aromatic heterocycles. The van der Waals surface area contributed by atoms with Crippen LogP contribution < -0.4 is 5.32 Å². The molecule has 4 N–H and O–H groups in total. The molecule has 0 bridgehead atoms. The Kier molecular flexibility index (Phi) is 5.59. The lowest BCUT2D eigenvalue weighted by molar-refractivity contribution is 0.358. The minimum atomic E-state index is -4.56. The lowest BCUT2D eigenvalue weighted by atomic mass is 9.68. The van der Waals surface area contributed by atoms with E-state index < -0.39 is 13.4 Å². The topological polar surface area (TPSA) is 103 Å². The maximum atomic E-state index is 12.6. The molecule has 29 heavy (non-hydrogen) atoms. The van der Waals surface area contributed by atoms with Gasteiger partial charge in [-0.25, -0.2) is 0 Å². The van der Waals surface area contributed by atoms with Crippen molar-refractivity contribution in [3.63, 3.8) is 0 Å². The van der Waals surface area contributed by atoms with Gasteiger partial charge in [-0.15, -0.1) is 0 Å². The first-order chi connectivity index (χ1) is 13.3. The molecule has 158 valence electrons. The zero-order chi connectivity index (χ0) is 21.6. The second kappa shape index (κ2) is 7.42. The highest BCUT2D eigenvalue weighted by molar-refractivity contribution is 7.52. The number of nitrogens with one attached hydrogen (secondary N) is 1. The molecule has 1 aromatic carbocycles. The molecule has 6 nitrogen and oxygen atoms in total. The number of pyridine rings is 1. The fourth-order valence-corrected chi connectivity index (χ4v) is 5.24. The number of aromatic hydroxyl groups is 1. The zero-order valence-electron chi connectivity index (χ0n) is 17.7. The quantitative estimate of drug-likeness (QED) is 0.522. The summed E-state index contributed by atoms with van der Waals surface area (Å²) in [5.41, 5.74) is 2.81. The summed E-state index contributed by atoms with van der Waals surface area (Å²) in [6, 6.07) is 5.23. The average molecular weight is 418 g/mol. The largest absolute Gasteiger partial charge is 0.507 e. The van der Waals surface area contributed by atoms with Gasteiger partial charge in [-0.05, 0) is 65.0 Å². The second-order valence-corrected chi connectivity index (χ2v) is 11.3. The third kappa shape index (κ3) is 4.35. The fraction of sp³-hybridized carbons (Fsp3) is 0.500. The van der Waals surface area contributed by atoms with Gasteiger partial charge in [-0.3, -0.25) is 9.55 Å². The monoisotopic (exact) mass is 418 g/mol. The Bertz CT molecular complexity index is 946. The molecule has 1 atom stereocenters. The molecule has 0 radical (unpaired) electrons. The number of hydrogen-bond acceptors (Lipinski definition) is 4. The lowest BCUT2D eigenvalue weighted by Crippen LogP contribution is -2.28. The SMILES string of the molecule is CC(C)(C)c1cc(C(Nc2cccnc2)P(=O)(O)O)c2c(c1O)C(C)(C)CCC2. The Morgan fingerprint density at radius 1 is 1.28 bits per heavy atom. The predicted molar refractivity (Wildman–Crippen MR) is 115 cm³/mol. The van der Waals surface area contributed by atoms with Crippen molar-refractivity contribution in [3.05, 3.63) is 52.8 Å². The molecule has 3 rings (SSSR count). The highest BCUT2D eigenvalue weighted by atomic mass is 31.2. The first-order valence-corrected chi connectivity index (χ1v) is 11.6. The molecule has 2 aromatic rings. The summed E-state index contributed by atoms with van der Waals surface area (Å²) in [6.07, 6.45) is 5.65. The van der Waals surface area contributed by atoms with Gasteiger partial charge in [0.2, 0.25) is 0 Å². The van der Waals surface area contributed by atoms with Crippen molar-refractivity contribution < 1.29 is 19.5 Å². The van der Waals surface area contributed by atoms with E-state index in [9.17, 15) is 19.5 Å². The van der Waals surface area contributed by atoms with E-state index in [0.717, 1.165) is 24.0 Å². The standard InChI is InChI=1S/C22H31N2O4P/c1-21(2,3)17-12-16(15-9-6-10-22(4,5)18(15)19(17)25)20(29(26,27)28)24-14-8-7-11-23-13-14/h7-8,11-13,20,24-25H,6,9-10H2,1-5H3,(H2,26,27,28). The van der Waals surface area contributed by atoms with Crippen LogP contribution in [-0.2, 0) is 21.8 Å². The number of fused-ring (bicyclic) bond motifs is 1. The summed E-state index contributed by atoms with van der Waals surface area (Å²) in [7, 11) is -4.56. The number of aromatic nitrogens is 1. The summed E-state index contributed by atoms with van der Waals surface area (Å²) in [4.78, 5) is 24.5. The molecular formula is C22H31N2O4P. The Hall–Kier alpha value is -1.88. The lowest BCUT2D eigenvalue weighted by Gasteiger charge is -2.38. The van der Waals surface area contributed by atoms with Crippen molar-refractivity contribution in [2.24, 2.45) is 0 Å². The summed E-state index contributed by atoms with van der Waals surface area (Å²) >= 11 is 0. The van der Waals surface area contributed by atoms with Gasteiger partial charge < -0.3 is 20.2 Å². The van der Waals surface area contributed by atoms with E-state index in [1.165, 1.54) is 0 Å². The van der Waals surface area contributed by atoms with E-state index in [-0.39, 0.29) is 16.6 Å².